The first-order valence-electron chi connectivity index (χ1n) is 9.12. The van der Waals surface area contributed by atoms with Gasteiger partial charge in [0, 0.05) is 24.4 Å². The third-order valence-electron chi connectivity index (χ3n) is 4.65. The fourth-order valence-electron chi connectivity index (χ4n) is 3.32. The number of ether oxygens (including phenoxy) is 3. The lowest BCUT2D eigenvalue weighted by Crippen LogP contribution is -2.28. The molecule has 0 unspecified atom stereocenters. The number of aryl methyl sites for hydroxylation is 2. The number of aromatic nitrogens is 3. The van der Waals surface area contributed by atoms with Crippen molar-refractivity contribution in [1.29, 1.82) is 0 Å². The van der Waals surface area contributed by atoms with E-state index >= 15 is 0 Å². The molecule has 0 radical (unpaired) electrons. The van der Waals surface area contributed by atoms with Crippen molar-refractivity contribution in [2.45, 2.75) is 19.9 Å². The summed E-state index contributed by atoms with van der Waals surface area (Å²) in [6.07, 6.45) is 2.56. The van der Waals surface area contributed by atoms with Crippen molar-refractivity contribution in [3.8, 4) is 28.8 Å². The van der Waals surface area contributed by atoms with Gasteiger partial charge in [-0.1, -0.05) is 23.8 Å². The first kappa shape index (κ1) is 18.0. The maximum absolute atomic E-state index is 11.9. The minimum atomic E-state index is -0.240. The Morgan fingerprint density at radius 2 is 2.00 bits per heavy atom. The van der Waals surface area contributed by atoms with Crippen molar-refractivity contribution in [3.63, 3.8) is 0 Å². The summed E-state index contributed by atoms with van der Waals surface area (Å²) in [5, 5.41) is 0. The lowest BCUT2D eigenvalue weighted by molar-refractivity contribution is 0.164. The highest BCUT2D eigenvalue weighted by molar-refractivity contribution is 5.66. The Hall–Kier alpha value is -3.35. The summed E-state index contributed by atoms with van der Waals surface area (Å²) in [4.78, 5) is 19.7. The Labute approximate surface area is 162 Å². The third-order valence-corrected chi connectivity index (χ3v) is 4.65. The van der Waals surface area contributed by atoms with Crippen molar-refractivity contribution in [1.82, 2.24) is 14.5 Å². The quantitative estimate of drug-likeness (QED) is 0.647. The highest BCUT2D eigenvalue weighted by atomic mass is 16.6. The number of methoxy groups -OCH3 is 1. The van der Waals surface area contributed by atoms with Crippen LogP contribution in [0.5, 0.6) is 17.5 Å². The SMILES string of the molecule is COc1cc2n(c(=O)n1)CCc1cc(C)ccc1-2.c1cnc2c(c1)OCCO2. The molecule has 0 saturated heterocycles. The molecule has 1 aromatic carbocycles. The van der Waals surface area contributed by atoms with Gasteiger partial charge in [-0.3, -0.25) is 4.57 Å². The lowest BCUT2D eigenvalue weighted by Gasteiger charge is -2.21. The minimum absolute atomic E-state index is 0.240. The van der Waals surface area contributed by atoms with Crippen LogP contribution >= 0.6 is 0 Å². The summed E-state index contributed by atoms with van der Waals surface area (Å²) in [5.74, 6) is 1.72. The van der Waals surface area contributed by atoms with Gasteiger partial charge >= 0.3 is 5.69 Å². The van der Waals surface area contributed by atoms with Crippen molar-refractivity contribution in [2.24, 2.45) is 0 Å². The molecule has 5 rings (SSSR count). The number of pyridine rings is 1. The highest BCUT2D eigenvalue weighted by Crippen LogP contribution is 2.30. The number of fused-ring (bicyclic) bond motifs is 4. The molecule has 0 amide bonds. The minimum Gasteiger partial charge on any atom is -0.484 e. The summed E-state index contributed by atoms with van der Waals surface area (Å²) in [5.41, 5.74) is 4.28. The van der Waals surface area contributed by atoms with Crippen molar-refractivity contribution in [3.05, 3.63) is 64.2 Å². The number of hydrogen-bond acceptors (Lipinski definition) is 6. The second kappa shape index (κ2) is 7.72. The van der Waals surface area contributed by atoms with Gasteiger partial charge in [-0.25, -0.2) is 9.78 Å². The van der Waals surface area contributed by atoms with E-state index in [1.807, 2.05) is 18.2 Å². The van der Waals surface area contributed by atoms with Crippen LogP contribution in [0.1, 0.15) is 11.1 Å². The zero-order valence-electron chi connectivity index (χ0n) is 15.8. The van der Waals surface area contributed by atoms with E-state index in [0.29, 0.717) is 31.5 Å². The van der Waals surface area contributed by atoms with E-state index in [1.54, 1.807) is 10.8 Å². The van der Waals surface area contributed by atoms with Gasteiger partial charge in [0.05, 0.1) is 12.8 Å². The van der Waals surface area contributed by atoms with E-state index in [-0.39, 0.29) is 5.69 Å². The van der Waals surface area contributed by atoms with E-state index in [2.05, 4.69) is 35.1 Å². The van der Waals surface area contributed by atoms with Gasteiger partial charge in [-0.15, -0.1) is 0 Å². The van der Waals surface area contributed by atoms with Crippen LogP contribution in [0.3, 0.4) is 0 Å². The number of hydrogen-bond donors (Lipinski definition) is 0. The Morgan fingerprint density at radius 3 is 2.82 bits per heavy atom. The molecule has 0 fully saturated rings. The van der Waals surface area contributed by atoms with Crippen LogP contribution in [0.15, 0.2) is 47.4 Å². The first-order valence-corrected chi connectivity index (χ1v) is 9.12. The third kappa shape index (κ3) is 3.55. The molecule has 0 saturated carbocycles. The highest BCUT2D eigenvalue weighted by Gasteiger charge is 2.18. The molecule has 0 N–H and O–H groups in total. The molecular weight excluding hydrogens is 358 g/mol. The van der Waals surface area contributed by atoms with Crippen LogP contribution < -0.4 is 19.9 Å². The van der Waals surface area contributed by atoms with Crippen LogP contribution in [0.4, 0.5) is 0 Å². The molecule has 4 heterocycles. The molecule has 7 heteroatoms. The van der Waals surface area contributed by atoms with Gasteiger partial charge in [0.15, 0.2) is 5.75 Å². The zero-order chi connectivity index (χ0) is 19.5. The second-order valence-corrected chi connectivity index (χ2v) is 6.53. The van der Waals surface area contributed by atoms with E-state index in [0.717, 1.165) is 23.4 Å². The van der Waals surface area contributed by atoms with Gasteiger partial charge in [-0.2, -0.15) is 4.98 Å². The maximum Gasteiger partial charge on any atom is 0.351 e. The summed E-state index contributed by atoms with van der Waals surface area (Å²) in [6.45, 7) is 3.99. The summed E-state index contributed by atoms with van der Waals surface area (Å²) in [7, 11) is 1.53. The monoisotopic (exact) mass is 379 g/mol. The van der Waals surface area contributed by atoms with Gasteiger partial charge in [0.2, 0.25) is 5.88 Å². The van der Waals surface area contributed by atoms with E-state index in [4.69, 9.17) is 14.2 Å². The van der Waals surface area contributed by atoms with Gasteiger partial charge in [0.1, 0.15) is 13.2 Å². The normalized spacial score (nSPS) is 13.5. The Kier molecular flexibility index (Phi) is 4.97. The van der Waals surface area contributed by atoms with E-state index in [1.165, 1.54) is 18.2 Å². The fourth-order valence-corrected chi connectivity index (χ4v) is 3.32. The van der Waals surface area contributed by atoms with Gasteiger partial charge < -0.3 is 14.2 Å². The summed E-state index contributed by atoms with van der Waals surface area (Å²) in [6, 6.07) is 11.8. The standard InChI is InChI=1S/C14H14N2O2.C7H7NO2/c1-9-3-4-11-10(7-9)5-6-16-12(11)8-13(18-2)15-14(16)17;1-2-6-7(8-3-1)10-5-4-9-6/h3-4,7-8H,5-6H2,1-2H3;1-3H,4-5H2. The van der Waals surface area contributed by atoms with E-state index in [9.17, 15) is 4.79 Å². The van der Waals surface area contributed by atoms with Gasteiger partial charge in [0.25, 0.3) is 5.88 Å². The molecule has 0 spiro atoms. The molecule has 28 heavy (non-hydrogen) atoms. The Balaban J connectivity index is 0.000000162. The fraction of sp³-hybridized carbons (Fsp3) is 0.286. The Morgan fingerprint density at radius 1 is 1.14 bits per heavy atom. The van der Waals surface area contributed by atoms with Crippen molar-refractivity contribution in [2.75, 3.05) is 20.3 Å². The molecule has 0 aliphatic carbocycles. The van der Waals surface area contributed by atoms with Crippen molar-refractivity contribution >= 4 is 0 Å². The smallest absolute Gasteiger partial charge is 0.351 e. The Bertz CT molecular complexity index is 1040. The van der Waals surface area contributed by atoms with Crippen LogP contribution in [0.25, 0.3) is 11.3 Å². The molecule has 7 nitrogen and oxygen atoms in total. The largest absolute Gasteiger partial charge is 0.484 e. The first-order chi connectivity index (χ1) is 13.7. The topological polar surface area (TPSA) is 75.5 Å². The summed E-state index contributed by atoms with van der Waals surface area (Å²) < 4.78 is 17.2. The van der Waals surface area contributed by atoms with E-state index < -0.39 is 0 Å². The van der Waals surface area contributed by atoms with Gasteiger partial charge in [-0.05, 0) is 31.0 Å². The average molecular weight is 379 g/mol. The predicted octanol–water partition coefficient (Wildman–Crippen LogP) is 2.64. The molecule has 2 aliphatic heterocycles. The van der Waals surface area contributed by atoms with Crippen LogP contribution in [0.2, 0.25) is 0 Å². The molecule has 0 atom stereocenters. The molecule has 0 bridgehead atoms. The molecule has 3 aromatic rings. The van der Waals surface area contributed by atoms with Crippen molar-refractivity contribution < 1.29 is 14.2 Å². The maximum atomic E-state index is 11.9. The van der Waals surface area contributed by atoms with Crippen LogP contribution in [-0.4, -0.2) is 34.9 Å². The molecule has 2 aromatic heterocycles. The van der Waals surface area contributed by atoms with Crippen LogP contribution in [0, 0.1) is 6.92 Å². The number of rotatable bonds is 1. The summed E-state index contributed by atoms with van der Waals surface area (Å²) >= 11 is 0. The average Bonchev–Trinajstić information content (AvgIpc) is 2.73. The predicted molar refractivity (Wildman–Crippen MR) is 104 cm³/mol. The van der Waals surface area contributed by atoms with Crippen LogP contribution in [-0.2, 0) is 13.0 Å². The molecular formula is C21H21N3O4. The zero-order valence-corrected chi connectivity index (χ0v) is 15.8. The lowest BCUT2D eigenvalue weighted by atomic mass is 9.96. The number of nitrogens with zero attached hydrogens (tertiary/aromatic N) is 3. The molecule has 2 aliphatic rings. The molecule has 144 valence electrons. The second-order valence-electron chi connectivity index (χ2n) is 6.53. The number of benzene rings is 1.